The summed E-state index contributed by atoms with van der Waals surface area (Å²) in [6.07, 6.45) is 6.15. The fraction of sp³-hybridized carbons (Fsp3) is 0.346. The highest BCUT2D eigenvalue weighted by Crippen LogP contribution is 2.34. The standard InChI is InChI=1S/C26H31N5O/c27-24-17-23(25-26(28-24)30-31-29-25)22(21-14-5-2-6-15-21)16-8-13-20(18-32)12-7-11-19-9-3-1-4-10-19/h1-6,9-10,14-15,17,20,22,32H,7-8,11-13,16,18H2,(H3,27,28,29,30,31)/t20-,22?/m0/s1. The summed E-state index contributed by atoms with van der Waals surface area (Å²) in [6.45, 7) is 0.237. The van der Waals surface area contributed by atoms with Crippen LogP contribution in [0, 0.1) is 5.92 Å². The molecular formula is C26H31N5O. The van der Waals surface area contributed by atoms with Crippen molar-refractivity contribution < 1.29 is 5.11 Å². The molecule has 4 rings (SSSR count). The average Bonchev–Trinajstić information content (AvgIpc) is 3.30. The largest absolute Gasteiger partial charge is 0.396 e. The van der Waals surface area contributed by atoms with Crippen LogP contribution in [-0.4, -0.2) is 32.1 Å². The third-order valence-electron chi connectivity index (χ3n) is 6.20. The molecule has 0 bridgehead atoms. The van der Waals surface area contributed by atoms with Gasteiger partial charge in [0.05, 0.1) is 0 Å². The Kier molecular flexibility index (Phi) is 7.46. The van der Waals surface area contributed by atoms with Crippen molar-refractivity contribution in [2.24, 2.45) is 5.92 Å². The summed E-state index contributed by atoms with van der Waals surface area (Å²) in [4.78, 5) is 4.29. The van der Waals surface area contributed by atoms with E-state index in [0.29, 0.717) is 17.4 Å². The Hall–Kier alpha value is -3.25. The number of aliphatic hydroxyl groups is 1. The van der Waals surface area contributed by atoms with Gasteiger partial charge in [-0.2, -0.15) is 10.3 Å². The first kappa shape index (κ1) is 22.0. The van der Waals surface area contributed by atoms with Crippen molar-refractivity contribution in [1.29, 1.82) is 0 Å². The summed E-state index contributed by atoms with van der Waals surface area (Å²) < 4.78 is 0. The molecule has 0 aliphatic rings. The zero-order valence-electron chi connectivity index (χ0n) is 18.3. The van der Waals surface area contributed by atoms with Crippen LogP contribution in [0.3, 0.4) is 0 Å². The molecule has 32 heavy (non-hydrogen) atoms. The molecule has 0 aliphatic heterocycles. The highest BCUT2D eigenvalue weighted by molar-refractivity contribution is 5.77. The van der Waals surface area contributed by atoms with Gasteiger partial charge < -0.3 is 10.8 Å². The van der Waals surface area contributed by atoms with Crippen molar-refractivity contribution >= 4 is 17.0 Å². The van der Waals surface area contributed by atoms with E-state index < -0.39 is 0 Å². The molecule has 166 valence electrons. The van der Waals surface area contributed by atoms with Gasteiger partial charge >= 0.3 is 0 Å². The monoisotopic (exact) mass is 429 g/mol. The van der Waals surface area contributed by atoms with E-state index in [1.54, 1.807) is 0 Å². The molecule has 0 aliphatic carbocycles. The molecular weight excluding hydrogens is 398 g/mol. The molecule has 2 aromatic carbocycles. The van der Waals surface area contributed by atoms with Crippen molar-refractivity contribution in [1.82, 2.24) is 20.4 Å². The second kappa shape index (κ2) is 10.9. The minimum absolute atomic E-state index is 0.151. The van der Waals surface area contributed by atoms with Gasteiger partial charge in [-0.3, -0.25) is 0 Å². The number of anilines is 1. The van der Waals surface area contributed by atoms with Gasteiger partial charge in [0.15, 0.2) is 0 Å². The Morgan fingerprint density at radius 1 is 0.875 bits per heavy atom. The zero-order valence-corrected chi connectivity index (χ0v) is 18.3. The molecule has 0 radical (unpaired) electrons. The van der Waals surface area contributed by atoms with Gasteiger partial charge in [0.1, 0.15) is 11.3 Å². The molecule has 6 nitrogen and oxygen atoms in total. The van der Waals surface area contributed by atoms with E-state index in [1.807, 2.05) is 18.2 Å². The van der Waals surface area contributed by atoms with Gasteiger partial charge in [0.25, 0.3) is 0 Å². The number of aryl methyl sites for hydroxylation is 1. The number of benzene rings is 2. The first-order chi connectivity index (χ1) is 15.7. The number of nitrogens with one attached hydrogen (secondary N) is 1. The maximum Gasteiger partial charge on any atom is 0.203 e. The molecule has 1 unspecified atom stereocenters. The summed E-state index contributed by atoms with van der Waals surface area (Å²) in [5, 5.41) is 21.1. The fourth-order valence-electron chi connectivity index (χ4n) is 4.51. The highest BCUT2D eigenvalue weighted by atomic mass is 16.3. The van der Waals surface area contributed by atoms with Gasteiger partial charge in [-0.1, -0.05) is 67.1 Å². The van der Waals surface area contributed by atoms with E-state index in [1.165, 1.54) is 11.1 Å². The molecule has 6 heteroatoms. The fourth-order valence-corrected chi connectivity index (χ4v) is 4.51. The minimum atomic E-state index is 0.151. The first-order valence-electron chi connectivity index (χ1n) is 11.4. The number of aromatic amines is 1. The van der Waals surface area contributed by atoms with E-state index in [9.17, 15) is 5.11 Å². The Labute approximate surface area is 188 Å². The van der Waals surface area contributed by atoms with E-state index >= 15 is 0 Å². The van der Waals surface area contributed by atoms with Crippen LogP contribution in [0.5, 0.6) is 0 Å². The van der Waals surface area contributed by atoms with E-state index in [0.717, 1.165) is 49.6 Å². The summed E-state index contributed by atoms with van der Waals surface area (Å²) >= 11 is 0. The van der Waals surface area contributed by atoms with E-state index in [2.05, 4.69) is 68.9 Å². The van der Waals surface area contributed by atoms with Gasteiger partial charge in [0.2, 0.25) is 5.65 Å². The Balaban J connectivity index is 1.42. The molecule has 0 amide bonds. The lowest BCUT2D eigenvalue weighted by molar-refractivity contribution is 0.205. The third kappa shape index (κ3) is 5.51. The Morgan fingerprint density at radius 3 is 2.34 bits per heavy atom. The summed E-state index contributed by atoms with van der Waals surface area (Å²) in [5.41, 5.74) is 11.0. The summed E-state index contributed by atoms with van der Waals surface area (Å²) in [5.74, 6) is 0.930. The van der Waals surface area contributed by atoms with Crippen LogP contribution >= 0.6 is 0 Å². The lowest BCUT2D eigenvalue weighted by Gasteiger charge is -2.20. The number of rotatable bonds is 11. The molecule has 2 heterocycles. The van der Waals surface area contributed by atoms with Gasteiger partial charge in [-0.05, 0) is 60.8 Å². The normalized spacial score (nSPS) is 13.3. The molecule has 4 aromatic rings. The van der Waals surface area contributed by atoms with Crippen LogP contribution in [0.15, 0.2) is 66.7 Å². The summed E-state index contributed by atoms with van der Waals surface area (Å²) in [7, 11) is 0. The summed E-state index contributed by atoms with van der Waals surface area (Å²) in [6, 6.07) is 22.9. The number of nitrogen functional groups attached to an aromatic ring is 1. The number of nitrogens with two attached hydrogens (primary N) is 1. The molecule has 4 N–H and O–H groups in total. The average molecular weight is 430 g/mol. The number of H-pyrrole nitrogens is 1. The number of nitrogens with zero attached hydrogens (tertiary/aromatic N) is 3. The molecule has 0 fully saturated rings. The SMILES string of the molecule is Nc1cc(C(CCC[C@@H](CO)CCCc2ccccc2)c2ccccc2)c2n[nH]nc2n1. The zero-order chi connectivity index (χ0) is 22.2. The number of aromatic nitrogens is 4. The molecule has 2 atom stereocenters. The molecule has 0 spiro atoms. The van der Waals surface area contributed by atoms with Gasteiger partial charge in [-0.15, -0.1) is 5.10 Å². The number of hydrogen-bond donors (Lipinski definition) is 3. The molecule has 0 saturated carbocycles. The van der Waals surface area contributed by atoms with Gasteiger partial charge in [0, 0.05) is 12.5 Å². The quantitative estimate of drug-likeness (QED) is 0.316. The lowest BCUT2D eigenvalue weighted by atomic mass is 9.85. The predicted molar refractivity (Wildman–Crippen MR) is 128 cm³/mol. The van der Waals surface area contributed by atoms with E-state index in [-0.39, 0.29) is 12.5 Å². The maximum absolute atomic E-state index is 9.93. The number of pyridine rings is 1. The smallest absolute Gasteiger partial charge is 0.203 e. The van der Waals surface area contributed by atoms with Crippen LogP contribution in [-0.2, 0) is 6.42 Å². The van der Waals surface area contributed by atoms with Crippen molar-refractivity contribution in [3.8, 4) is 0 Å². The molecule has 2 aromatic heterocycles. The number of fused-ring (bicyclic) bond motifs is 1. The van der Waals surface area contributed by atoms with Gasteiger partial charge in [-0.25, -0.2) is 4.98 Å². The second-order valence-corrected chi connectivity index (χ2v) is 8.45. The molecule has 0 saturated heterocycles. The number of hydrogen-bond acceptors (Lipinski definition) is 5. The second-order valence-electron chi connectivity index (χ2n) is 8.45. The maximum atomic E-state index is 9.93. The Morgan fingerprint density at radius 2 is 1.59 bits per heavy atom. The van der Waals surface area contributed by atoms with Crippen LogP contribution in [0.4, 0.5) is 5.82 Å². The number of aliphatic hydroxyl groups excluding tert-OH is 1. The van der Waals surface area contributed by atoms with Crippen LogP contribution in [0.1, 0.15) is 54.7 Å². The third-order valence-corrected chi connectivity index (χ3v) is 6.20. The van der Waals surface area contributed by atoms with Crippen molar-refractivity contribution in [2.75, 3.05) is 12.3 Å². The predicted octanol–water partition coefficient (Wildman–Crippen LogP) is 4.87. The minimum Gasteiger partial charge on any atom is -0.396 e. The van der Waals surface area contributed by atoms with Crippen molar-refractivity contribution in [3.63, 3.8) is 0 Å². The van der Waals surface area contributed by atoms with Crippen LogP contribution in [0.2, 0.25) is 0 Å². The van der Waals surface area contributed by atoms with Crippen molar-refractivity contribution in [2.45, 2.75) is 44.4 Å². The highest BCUT2D eigenvalue weighted by Gasteiger charge is 2.21. The van der Waals surface area contributed by atoms with Crippen LogP contribution < -0.4 is 5.73 Å². The topological polar surface area (TPSA) is 101 Å². The van der Waals surface area contributed by atoms with E-state index in [4.69, 9.17) is 5.73 Å². The van der Waals surface area contributed by atoms with Crippen LogP contribution in [0.25, 0.3) is 11.2 Å². The van der Waals surface area contributed by atoms with Crippen molar-refractivity contribution in [3.05, 3.63) is 83.4 Å². The Bertz CT molecular complexity index is 1100. The first-order valence-corrected chi connectivity index (χ1v) is 11.4. The lowest BCUT2D eigenvalue weighted by Crippen LogP contribution is -2.09.